The number of pyridine rings is 1. The van der Waals surface area contributed by atoms with Gasteiger partial charge in [0.1, 0.15) is 0 Å². The number of hydrogen-bond acceptors (Lipinski definition) is 5. The molecular weight excluding hydrogens is 336 g/mol. The fourth-order valence-electron chi connectivity index (χ4n) is 3.74. The van der Waals surface area contributed by atoms with Crippen LogP contribution in [0.1, 0.15) is 23.8 Å². The number of benzene rings is 2. The van der Waals surface area contributed by atoms with E-state index >= 15 is 0 Å². The molecule has 0 saturated carbocycles. The minimum Gasteiger partial charge on any atom is -0.420 e. The molecule has 3 heterocycles. The van der Waals surface area contributed by atoms with E-state index < -0.39 is 0 Å². The van der Waals surface area contributed by atoms with Crippen molar-refractivity contribution in [2.75, 3.05) is 13.1 Å². The van der Waals surface area contributed by atoms with Crippen LogP contribution in [0.4, 0.5) is 0 Å². The Balaban J connectivity index is 1.28. The molecule has 0 aliphatic carbocycles. The lowest BCUT2D eigenvalue weighted by Crippen LogP contribution is -2.19. The molecular formula is C22H20N4O. The van der Waals surface area contributed by atoms with Crippen LogP contribution in [0, 0.1) is 0 Å². The van der Waals surface area contributed by atoms with Crippen molar-refractivity contribution < 1.29 is 4.42 Å². The number of rotatable bonds is 4. The topological polar surface area (TPSA) is 55.1 Å². The van der Waals surface area contributed by atoms with Gasteiger partial charge < -0.3 is 4.42 Å². The molecule has 4 aromatic rings. The molecule has 1 fully saturated rings. The smallest absolute Gasteiger partial charge is 0.247 e. The van der Waals surface area contributed by atoms with Crippen molar-refractivity contribution in [3.8, 4) is 11.5 Å². The van der Waals surface area contributed by atoms with Crippen LogP contribution in [0.15, 0.2) is 71.3 Å². The second-order valence-electron chi connectivity index (χ2n) is 7.07. The second-order valence-corrected chi connectivity index (χ2v) is 7.07. The van der Waals surface area contributed by atoms with Crippen LogP contribution in [-0.2, 0) is 6.54 Å². The van der Waals surface area contributed by atoms with Crippen LogP contribution in [0.3, 0.4) is 0 Å². The van der Waals surface area contributed by atoms with Gasteiger partial charge in [-0.3, -0.25) is 9.88 Å². The summed E-state index contributed by atoms with van der Waals surface area (Å²) in [7, 11) is 0. The second kappa shape index (κ2) is 6.93. The van der Waals surface area contributed by atoms with E-state index in [1.807, 2.05) is 48.7 Å². The largest absolute Gasteiger partial charge is 0.420 e. The van der Waals surface area contributed by atoms with Gasteiger partial charge in [-0.15, -0.1) is 10.2 Å². The lowest BCUT2D eigenvalue weighted by Gasteiger charge is -2.15. The van der Waals surface area contributed by atoms with Gasteiger partial charge in [-0.05, 0) is 42.8 Å². The summed E-state index contributed by atoms with van der Waals surface area (Å²) in [5, 5.41) is 9.72. The number of likely N-dealkylation sites (tertiary alicyclic amines) is 1. The van der Waals surface area contributed by atoms with E-state index in [0.29, 0.717) is 11.8 Å². The maximum absolute atomic E-state index is 5.95. The van der Waals surface area contributed by atoms with Crippen molar-refractivity contribution in [1.82, 2.24) is 20.1 Å². The third-order valence-electron chi connectivity index (χ3n) is 5.14. The summed E-state index contributed by atoms with van der Waals surface area (Å²) in [6.45, 7) is 2.86. The number of nitrogens with zero attached hydrogens (tertiary/aromatic N) is 4. The molecule has 134 valence electrons. The summed E-state index contributed by atoms with van der Waals surface area (Å²) in [5.41, 5.74) is 3.25. The van der Waals surface area contributed by atoms with Gasteiger partial charge in [0.15, 0.2) is 0 Å². The standard InChI is InChI=1S/C22H20N4O/c1-2-6-17(7-3-1)21-24-25-22(27-21)19-10-11-26(15-19)14-16-12-18-8-4-5-9-20(18)23-13-16/h1-9,12-13,19H,10-11,14-15H2. The van der Waals surface area contributed by atoms with Crippen molar-refractivity contribution >= 4 is 10.9 Å². The summed E-state index contributed by atoms with van der Waals surface area (Å²) in [6, 6.07) is 20.4. The zero-order valence-corrected chi connectivity index (χ0v) is 15.0. The van der Waals surface area contributed by atoms with Crippen LogP contribution in [-0.4, -0.2) is 33.2 Å². The molecule has 1 saturated heterocycles. The minimum absolute atomic E-state index is 0.295. The molecule has 2 aromatic heterocycles. The number of para-hydroxylation sites is 1. The summed E-state index contributed by atoms with van der Waals surface area (Å²) >= 11 is 0. The van der Waals surface area contributed by atoms with Crippen LogP contribution in [0.5, 0.6) is 0 Å². The Labute approximate surface area is 157 Å². The summed E-state index contributed by atoms with van der Waals surface area (Å²) < 4.78 is 5.95. The van der Waals surface area contributed by atoms with Gasteiger partial charge in [-0.2, -0.15) is 0 Å². The molecule has 0 radical (unpaired) electrons. The van der Waals surface area contributed by atoms with E-state index in [0.717, 1.165) is 43.0 Å². The fourth-order valence-corrected chi connectivity index (χ4v) is 3.74. The number of fused-ring (bicyclic) bond motifs is 1. The zero-order valence-electron chi connectivity index (χ0n) is 15.0. The first-order valence-electron chi connectivity index (χ1n) is 9.30. The Hall–Kier alpha value is -3.05. The van der Waals surface area contributed by atoms with Crippen LogP contribution in [0.2, 0.25) is 0 Å². The van der Waals surface area contributed by atoms with Gasteiger partial charge in [0.25, 0.3) is 0 Å². The highest BCUT2D eigenvalue weighted by Gasteiger charge is 2.28. The first-order chi connectivity index (χ1) is 13.3. The van der Waals surface area contributed by atoms with Gasteiger partial charge in [-0.1, -0.05) is 36.4 Å². The molecule has 1 aliphatic heterocycles. The predicted octanol–water partition coefficient (Wildman–Crippen LogP) is 4.27. The van der Waals surface area contributed by atoms with Gasteiger partial charge >= 0.3 is 0 Å². The van der Waals surface area contributed by atoms with Crippen molar-refractivity contribution in [3.63, 3.8) is 0 Å². The first-order valence-corrected chi connectivity index (χ1v) is 9.30. The molecule has 0 bridgehead atoms. The first kappa shape index (κ1) is 16.1. The van der Waals surface area contributed by atoms with Crippen LogP contribution >= 0.6 is 0 Å². The Morgan fingerprint density at radius 1 is 1.00 bits per heavy atom. The molecule has 27 heavy (non-hydrogen) atoms. The molecule has 2 aromatic carbocycles. The van der Waals surface area contributed by atoms with Gasteiger partial charge in [0, 0.05) is 30.2 Å². The highest BCUT2D eigenvalue weighted by atomic mass is 16.4. The molecule has 1 atom stereocenters. The van der Waals surface area contributed by atoms with Crippen LogP contribution < -0.4 is 0 Å². The highest BCUT2D eigenvalue weighted by Crippen LogP contribution is 2.29. The average Bonchev–Trinajstić information content (AvgIpc) is 3.38. The summed E-state index contributed by atoms with van der Waals surface area (Å²) in [5.74, 6) is 1.64. The Morgan fingerprint density at radius 3 is 2.78 bits per heavy atom. The third kappa shape index (κ3) is 3.34. The van der Waals surface area contributed by atoms with E-state index in [4.69, 9.17) is 4.42 Å². The quantitative estimate of drug-likeness (QED) is 0.546. The molecule has 1 unspecified atom stereocenters. The number of hydrogen-bond donors (Lipinski definition) is 0. The van der Waals surface area contributed by atoms with E-state index in [9.17, 15) is 0 Å². The molecule has 0 N–H and O–H groups in total. The zero-order chi connectivity index (χ0) is 18.1. The van der Waals surface area contributed by atoms with E-state index in [2.05, 4.69) is 38.3 Å². The Morgan fingerprint density at radius 2 is 1.85 bits per heavy atom. The molecule has 0 amide bonds. The van der Waals surface area contributed by atoms with Crippen molar-refractivity contribution in [2.24, 2.45) is 0 Å². The molecule has 0 spiro atoms. The highest BCUT2D eigenvalue weighted by molar-refractivity contribution is 5.78. The molecule has 5 rings (SSSR count). The normalized spacial score (nSPS) is 17.6. The Bertz CT molecular complexity index is 1060. The monoisotopic (exact) mass is 356 g/mol. The van der Waals surface area contributed by atoms with E-state index in [1.54, 1.807) is 0 Å². The SMILES string of the molecule is c1ccc(-c2nnc(C3CCN(Cc4cnc5ccccc5c4)C3)o2)cc1. The molecule has 1 aliphatic rings. The van der Waals surface area contributed by atoms with E-state index in [-0.39, 0.29) is 0 Å². The van der Waals surface area contributed by atoms with Gasteiger partial charge in [0.05, 0.1) is 11.4 Å². The lowest BCUT2D eigenvalue weighted by molar-refractivity contribution is 0.320. The minimum atomic E-state index is 0.295. The Kier molecular flexibility index (Phi) is 4.14. The fraction of sp³-hybridized carbons (Fsp3) is 0.227. The van der Waals surface area contributed by atoms with Crippen LogP contribution in [0.25, 0.3) is 22.4 Å². The maximum Gasteiger partial charge on any atom is 0.247 e. The van der Waals surface area contributed by atoms with Crippen molar-refractivity contribution in [3.05, 3.63) is 78.3 Å². The number of aromatic nitrogens is 3. The van der Waals surface area contributed by atoms with Crippen molar-refractivity contribution in [2.45, 2.75) is 18.9 Å². The van der Waals surface area contributed by atoms with Crippen molar-refractivity contribution in [1.29, 1.82) is 0 Å². The summed E-state index contributed by atoms with van der Waals surface area (Å²) in [4.78, 5) is 7.00. The van der Waals surface area contributed by atoms with Gasteiger partial charge in [0.2, 0.25) is 11.8 Å². The lowest BCUT2D eigenvalue weighted by atomic mass is 10.1. The molecule has 5 nitrogen and oxygen atoms in total. The molecule has 5 heteroatoms. The van der Waals surface area contributed by atoms with E-state index in [1.165, 1.54) is 10.9 Å². The maximum atomic E-state index is 5.95. The predicted molar refractivity (Wildman–Crippen MR) is 104 cm³/mol. The summed E-state index contributed by atoms with van der Waals surface area (Å²) in [6.07, 6.45) is 3.02. The third-order valence-corrected chi connectivity index (χ3v) is 5.14. The van der Waals surface area contributed by atoms with Gasteiger partial charge in [-0.25, -0.2) is 0 Å². The average molecular weight is 356 g/mol.